The molecule has 28 heavy (non-hydrogen) atoms. The second-order valence-corrected chi connectivity index (χ2v) is 7.70. The summed E-state index contributed by atoms with van der Waals surface area (Å²) in [5.74, 6) is 0.430. The Morgan fingerprint density at radius 1 is 1.29 bits per heavy atom. The predicted octanol–water partition coefficient (Wildman–Crippen LogP) is 4.10. The lowest BCUT2D eigenvalue weighted by atomic mass is 10.2. The molecule has 0 radical (unpaired) electrons. The second-order valence-electron chi connectivity index (χ2n) is 5.66. The van der Waals surface area contributed by atoms with Gasteiger partial charge in [-0.2, -0.15) is 4.99 Å². The zero-order chi connectivity index (χ0) is 19.7. The van der Waals surface area contributed by atoms with E-state index in [1.807, 2.05) is 18.2 Å². The number of hydrogen-bond donors (Lipinski definition) is 1. The Kier molecular flexibility index (Phi) is 4.80. The van der Waals surface area contributed by atoms with E-state index in [4.69, 9.17) is 4.74 Å². The van der Waals surface area contributed by atoms with Gasteiger partial charge in [-0.05, 0) is 41.6 Å². The zero-order valence-electron chi connectivity index (χ0n) is 14.4. The number of thiazole rings is 1. The number of nitrogens with one attached hydrogen (secondary N) is 1. The van der Waals surface area contributed by atoms with Crippen LogP contribution >= 0.6 is 23.1 Å². The Balaban J connectivity index is 1.59. The number of amidine groups is 1. The number of nitrogens with zero attached hydrogens (tertiary/aromatic N) is 3. The van der Waals surface area contributed by atoms with Crippen molar-refractivity contribution in [3.63, 3.8) is 0 Å². The number of aromatic nitrogens is 1. The van der Waals surface area contributed by atoms with Gasteiger partial charge in [-0.1, -0.05) is 23.5 Å². The first-order valence-electron chi connectivity index (χ1n) is 8.00. The third-order valence-corrected chi connectivity index (χ3v) is 5.63. The molecular weight excluding hydrogens is 400 g/mol. The number of methoxy groups -OCH3 is 1. The molecule has 1 saturated heterocycles. The fourth-order valence-corrected chi connectivity index (χ4v) is 4.27. The molecular formula is C18H12N4O4S2. The number of thioether (sulfide) groups is 1. The number of fused-ring (bicyclic) bond motifs is 1. The Morgan fingerprint density at radius 2 is 2.14 bits per heavy atom. The highest BCUT2D eigenvalue weighted by Crippen LogP contribution is 2.33. The van der Waals surface area contributed by atoms with Crippen molar-refractivity contribution in [3.8, 4) is 5.75 Å². The van der Waals surface area contributed by atoms with Gasteiger partial charge in [-0.15, -0.1) is 0 Å². The minimum absolute atomic E-state index is 0.0310. The number of nitro benzene ring substituents is 1. The molecule has 0 aliphatic carbocycles. The molecule has 4 rings (SSSR count). The van der Waals surface area contributed by atoms with Crippen LogP contribution in [0.5, 0.6) is 5.75 Å². The summed E-state index contributed by atoms with van der Waals surface area (Å²) < 4.78 is 6.14. The molecule has 1 aromatic heterocycles. The van der Waals surface area contributed by atoms with Gasteiger partial charge >= 0.3 is 0 Å². The maximum Gasteiger partial charge on any atom is 0.270 e. The highest BCUT2D eigenvalue weighted by atomic mass is 32.2. The van der Waals surface area contributed by atoms with Gasteiger partial charge in [0.05, 0.1) is 27.2 Å². The lowest BCUT2D eigenvalue weighted by molar-refractivity contribution is -0.384. The molecule has 0 bridgehead atoms. The van der Waals surface area contributed by atoms with Crippen LogP contribution in [0.1, 0.15) is 5.56 Å². The average molecular weight is 412 g/mol. The highest BCUT2D eigenvalue weighted by molar-refractivity contribution is 8.18. The normalized spacial score (nSPS) is 16.7. The fourth-order valence-electron chi connectivity index (χ4n) is 2.51. The van der Waals surface area contributed by atoms with Crippen molar-refractivity contribution in [2.75, 3.05) is 7.11 Å². The monoisotopic (exact) mass is 412 g/mol. The van der Waals surface area contributed by atoms with E-state index >= 15 is 0 Å². The van der Waals surface area contributed by atoms with E-state index in [9.17, 15) is 14.9 Å². The average Bonchev–Trinajstić information content (AvgIpc) is 3.23. The topological polar surface area (TPSA) is 107 Å². The summed E-state index contributed by atoms with van der Waals surface area (Å²) in [6.07, 6.45) is 1.60. The Morgan fingerprint density at radius 3 is 2.93 bits per heavy atom. The molecule has 0 atom stereocenters. The van der Waals surface area contributed by atoms with Crippen LogP contribution in [0.3, 0.4) is 0 Å². The number of carbonyl (C=O) groups is 1. The molecule has 1 aliphatic heterocycles. The lowest BCUT2D eigenvalue weighted by Gasteiger charge is -1.96. The number of nitro groups is 1. The molecule has 3 aromatic rings. The van der Waals surface area contributed by atoms with Crippen LogP contribution < -0.4 is 10.1 Å². The minimum Gasteiger partial charge on any atom is -0.497 e. The number of benzene rings is 2. The van der Waals surface area contributed by atoms with Crippen molar-refractivity contribution < 1.29 is 14.5 Å². The summed E-state index contributed by atoms with van der Waals surface area (Å²) in [7, 11) is 1.60. The van der Waals surface area contributed by atoms with Crippen molar-refractivity contribution >= 4 is 61.3 Å². The van der Waals surface area contributed by atoms with Gasteiger partial charge < -0.3 is 10.1 Å². The van der Waals surface area contributed by atoms with Crippen LogP contribution in [-0.4, -0.2) is 28.1 Å². The second kappa shape index (κ2) is 7.41. The quantitative estimate of drug-likeness (QED) is 0.393. The molecule has 0 spiro atoms. The minimum atomic E-state index is -0.473. The molecule has 10 heteroatoms. The SMILES string of the molecule is COc1ccc2nc(/N=C3\NC(=O)/C(=C/c4cccc([N+](=O)[O-])c4)S3)sc2c1. The first kappa shape index (κ1) is 18.1. The molecule has 1 aliphatic rings. The van der Waals surface area contributed by atoms with Gasteiger partial charge in [0.25, 0.3) is 11.6 Å². The van der Waals surface area contributed by atoms with E-state index in [1.165, 1.54) is 23.5 Å². The maximum atomic E-state index is 12.2. The molecule has 8 nitrogen and oxygen atoms in total. The standard InChI is InChI=1S/C18H12N4O4S2/c1-26-12-5-6-13-14(9-12)27-17(19-13)21-18-20-16(23)15(28-18)8-10-3-2-4-11(7-10)22(24)25/h2-9H,1H3,(H,19,20,21,23)/b15-8-. The molecule has 2 heterocycles. The van der Waals surface area contributed by atoms with E-state index in [1.54, 1.807) is 25.3 Å². The van der Waals surface area contributed by atoms with E-state index in [-0.39, 0.29) is 11.6 Å². The summed E-state index contributed by atoms with van der Waals surface area (Å²) in [5, 5.41) is 14.5. The van der Waals surface area contributed by atoms with Crippen LogP contribution in [0.25, 0.3) is 16.3 Å². The van der Waals surface area contributed by atoms with Gasteiger partial charge in [0.15, 0.2) is 5.17 Å². The largest absolute Gasteiger partial charge is 0.497 e. The maximum absolute atomic E-state index is 12.2. The van der Waals surface area contributed by atoms with Crippen LogP contribution in [0.2, 0.25) is 0 Å². The molecule has 0 saturated carbocycles. The number of aliphatic imine (C=N–C) groups is 1. The molecule has 140 valence electrons. The number of ether oxygens (including phenoxy) is 1. The summed E-state index contributed by atoms with van der Waals surface area (Å²) >= 11 is 2.55. The van der Waals surface area contributed by atoms with Crippen LogP contribution in [-0.2, 0) is 4.79 Å². The number of hydrogen-bond acceptors (Lipinski definition) is 8. The number of non-ortho nitro benzene ring substituents is 1. The van der Waals surface area contributed by atoms with E-state index < -0.39 is 4.92 Å². The smallest absolute Gasteiger partial charge is 0.270 e. The molecule has 2 aromatic carbocycles. The van der Waals surface area contributed by atoms with Crippen molar-refractivity contribution in [3.05, 3.63) is 63.0 Å². The molecule has 1 amide bonds. The third kappa shape index (κ3) is 3.73. The third-order valence-electron chi connectivity index (χ3n) is 3.81. The first-order chi connectivity index (χ1) is 13.5. The lowest BCUT2D eigenvalue weighted by Crippen LogP contribution is -2.19. The highest BCUT2D eigenvalue weighted by Gasteiger charge is 2.24. The molecule has 1 N–H and O–H groups in total. The predicted molar refractivity (Wildman–Crippen MR) is 110 cm³/mol. The van der Waals surface area contributed by atoms with E-state index in [0.717, 1.165) is 27.7 Å². The Labute approximate surface area is 167 Å². The Bertz CT molecular complexity index is 1170. The molecule has 0 unspecified atom stereocenters. The van der Waals surface area contributed by atoms with Crippen molar-refractivity contribution in [1.82, 2.24) is 10.3 Å². The summed E-state index contributed by atoms with van der Waals surface area (Å²) in [5.41, 5.74) is 1.34. The van der Waals surface area contributed by atoms with E-state index in [2.05, 4.69) is 15.3 Å². The van der Waals surface area contributed by atoms with Gasteiger partial charge in [-0.3, -0.25) is 14.9 Å². The number of carbonyl (C=O) groups excluding carboxylic acids is 1. The zero-order valence-corrected chi connectivity index (χ0v) is 16.0. The summed E-state index contributed by atoms with van der Waals surface area (Å²) in [6, 6.07) is 11.6. The number of amides is 1. The van der Waals surface area contributed by atoms with Crippen molar-refractivity contribution in [1.29, 1.82) is 0 Å². The van der Waals surface area contributed by atoms with Gasteiger partial charge in [0.1, 0.15) is 5.75 Å². The van der Waals surface area contributed by atoms with Gasteiger partial charge in [-0.25, -0.2) is 4.98 Å². The van der Waals surface area contributed by atoms with Gasteiger partial charge in [0.2, 0.25) is 5.13 Å². The Hall–Kier alpha value is -3.24. The summed E-state index contributed by atoms with van der Waals surface area (Å²) in [6.45, 7) is 0. The van der Waals surface area contributed by atoms with Crippen LogP contribution in [0.15, 0.2) is 52.4 Å². The first-order valence-corrected chi connectivity index (χ1v) is 9.64. The van der Waals surface area contributed by atoms with Crippen molar-refractivity contribution in [2.24, 2.45) is 4.99 Å². The van der Waals surface area contributed by atoms with E-state index in [0.29, 0.717) is 20.8 Å². The fraction of sp³-hybridized carbons (Fsp3) is 0.0556. The van der Waals surface area contributed by atoms with Crippen LogP contribution in [0.4, 0.5) is 10.8 Å². The van der Waals surface area contributed by atoms with Crippen molar-refractivity contribution in [2.45, 2.75) is 0 Å². The van der Waals surface area contributed by atoms with Gasteiger partial charge in [0, 0.05) is 12.1 Å². The van der Waals surface area contributed by atoms with Crippen LogP contribution in [0, 0.1) is 10.1 Å². The number of rotatable bonds is 4. The molecule has 1 fully saturated rings. The summed E-state index contributed by atoms with van der Waals surface area (Å²) in [4.78, 5) is 31.9.